The van der Waals surface area contributed by atoms with Gasteiger partial charge in [-0.15, -0.1) is 0 Å². The van der Waals surface area contributed by atoms with E-state index in [1.165, 1.54) is 36.2 Å². The van der Waals surface area contributed by atoms with E-state index in [1.807, 2.05) is 0 Å². The maximum Gasteiger partial charge on any atom is 0.315 e. The first-order valence-electron chi connectivity index (χ1n) is 7.24. The minimum Gasteiger partial charge on any atom is -0.352 e. The first-order valence-corrected chi connectivity index (χ1v) is 7.24. The molecule has 1 aromatic rings. The molecule has 0 bridgehead atoms. The van der Waals surface area contributed by atoms with Gasteiger partial charge in [0.1, 0.15) is 0 Å². The van der Waals surface area contributed by atoms with Gasteiger partial charge in [-0.1, -0.05) is 19.3 Å². The van der Waals surface area contributed by atoms with E-state index in [9.17, 15) is 4.79 Å². The third-order valence-electron chi connectivity index (χ3n) is 4.26. The predicted octanol–water partition coefficient (Wildman–Crippen LogP) is 2.77. The van der Waals surface area contributed by atoms with E-state index in [2.05, 4.69) is 42.2 Å². The van der Waals surface area contributed by atoms with Gasteiger partial charge in [-0.05, 0) is 38.3 Å². The van der Waals surface area contributed by atoms with E-state index < -0.39 is 0 Å². The molecule has 0 aromatic carbocycles. The molecule has 4 heteroatoms. The van der Waals surface area contributed by atoms with Crippen molar-refractivity contribution in [3.05, 3.63) is 23.0 Å². The SMILES string of the molecule is Cc1cc(CNC(=O)NC2CCCCC2)c(C)n1C. The highest BCUT2D eigenvalue weighted by molar-refractivity contribution is 5.74. The molecule has 1 heterocycles. The average Bonchev–Trinajstić information content (AvgIpc) is 2.65. The van der Waals surface area contributed by atoms with E-state index in [0.29, 0.717) is 12.6 Å². The second-order valence-electron chi connectivity index (χ2n) is 5.62. The fourth-order valence-electron chi connectivity index (χ4n) is 2.77. The van der Waals surface area contributed by atoms with Crippen LogP contribution in [0.1, 0.15) is 49.1 Å². The van der Waals surface area contributed by atoms with Crippen molar-refractivity contribution < 1.29 is 4.79 Å². The molecule has 0 unspecified atom stereocenters. The minimum atomic E-state index is -0.0344. The van der Waals surface area contributed by atoms with Gasteiger partial charge in [-0.3, -0.25) is 0 Å². The van der Waals surface area contributed by atoms with Crippen LogP contribution in [0.4, 0.5) is 4.79 Å². The Morgan fingerprint density at radius 1 is 1.32 bits per heavy atom. The quantitative estimate of drug-likeness (QED) is 0.865. The zero-order valence-corrected chi connectivity index (χ0v) is 12.3. The second-order valence-corrected chi connectivity index (χ2v) is 5.62. The Morgan fingerprint density at radius 2 is 2.00 bits per heavy atom. The van der Waals surface area contributed by atoms with Gasteiger partial charge >= 0.3 is 6.03 Å². The van der Waals surface area contributed by atoms with Crippen molar-refractivity contribution in [1.29, 1.82) is 0 Å². The third-order valence-corrected chi connectivity index (χ3v) is 4.26. The molecule has 0 atom stereocenters. The standard InChI is InChI=1S/C15H25N3O/c1-11-9-13(12(2)18(11)3)10-16-15(19)17-14-7-5-4-6-8-14/h9,14H,4-8,10H2,1-3H3,(H2,16,17,19). The van der Waals surface area contributed by atoms with Crippen molar-refractivity contribution >= 4 is 6.03 Å². The van der Waals surface area contributed by atoms with Gasteiger partial charge in [-0.25, -0.2) is 4.79 Å². The first-order chi connectivity index (χ1) is 9.08. The van der Waals surface area contributed by atoms with E-state index in [0.717, 1.165) is 12.8 Å². The fraction of sp³-hybridized carbons (Fsp3) is 0.667. The summed E-state index contributed by atoms with van der Waals surface area (Å²) in [6.45, 7) is 4.77. The molecular formula is C15H25N3O. The summed E-state index contributed by atoms with van der Waals surface area (Å²) in [6.07, 6.45) is 6.03. The zero-order valence-electron chi connectivity index (χ0n) is 12.3. The van der Waals surface area contributed by atoms with Gasteiger partial charge in [0.25, 0.3) is 0 Å². The molecule has 0 spiro atoms. The van der Waals surface area contributed by atoms with Gasteiger partial charge in [0.2, 0.25) is 0 Å². The first kappa shape index (κ1) is 14.0. The Bertz CT molecular complexity index is 444. The van der Waals surface area contributed by atoms with Crippen molar-refractivity contribution in [2.45, 2.75) is 58.5 Å². The van der Waals surface area contributed by atoms with Crippen LogP contribution >= 0.6 is 0 Å². The molecular weight excluding hydrogens is 238 g/mol. The van der Waals surface area contributed by atoms with Gasteiger partial charge < -0.3 is 15.2 Å². The zero-order chi connectivity index (χ0) is 13.8. The number of aryl methyl sites for hydroxylation is 1. The largest absolute Gasteiger partial charge is 0.352 e. The number of aromatic nitrogens is 1. The van der Waals surface area contributed by atoms with E-state index in [-0.39, 0.29) is 6.03 Å². The number of rotatable bonds is 3. The summed E-state index contributed by atoms with van der Waals surface area (Å²) in [7, 11) is 2.05. The normalized spacial score (nSPS) is 16.4. The Kier molecular flexibility index (Phi) is 4.51. The number of nitrogens with one attached hydrogen (secondary N) is 2. The van der Waals surface area contributed by atoms with Crippen LogP contribution in [0.3, 0.4) is 0 Å². The lowest BCUT2D eigenvalue weighted by atomic mass is 9.96. The van der Waals surface area contributed by atoms with Crippen molar-refractivity contribution in [2.75, 3.05) is 0 Å². The molecule has 2 N–H and O–H groups in total. The molecule has 2 amide bonds. The van der Waals surface area contributed by atoms with Crippen LogP contribution in [0.15, 0.2) is 6.07 Å². The summed E-state index contributed by atoms with van der Waals surface area (Å²) in [4.78, 5) is 11.9. The van der Waals surface area contributed by atoms with Crippen LogP contribution in [0.5, 0.6) is 0 Å². The fourth-order valence-corrected chi connectivity index (χ4v) is 2.77. The number of hydrogen-bond donors (Lipinski definition) is 2. The topological polar surface area (TPSA) is 46.1 Å². The molecule has 1 aliphatic rings. The van der Waals surface area contributed by atoms with Gasteiger partial charge in [0.05, 0.1) is 0 Å². The lowest BCUT2D eigenvalue weighted by Crippen LogP contribution is -2.42. The minimum absolute atomic E-state index is 0.0344. The van der Waals surface area contributed by atoms with Crippen molar-refractivity contribution in [3.63, 3.8) is 0 Å². The van der Waals surface area contributed by atoms with Crippen molar-refractivity contribution in [3.8, 4) is 0 Å². The molecule has 0 radical (unpaired) electrons. The molecule has 19 heavy (non-hydrogen) atoms. The molecule has 1 saturated carbocycles. The summed E-state index contributed by atoms with van der Waals surface area (Å²) in [6, 6.07) is 2.47. The molecule has 1 aliphatic carbocycles. The summed E-state index contributed by atoms with van der Waals surface area (Å²) < 4.78 is 2.15. The number of urea groups is 1. The van der Waals surface area contributed by atoms with Crippen LogP contribution in [-0.4, -0.2) is 16.6 Å². The lowest BCUT2D eigenvalue weighted by molar-refractivity contribution is 0.232. The molecule has 1 fully saturated rings. The lowest BCUT2D eigenvalue weighted by Gasteiger charge is -2.22. The second kappa shape index (κ2) is 6.13. The molecule has 4 nitrogen and oxygen atoms in total. The average molecular weight is 263 g/mol. The third kappa shape index (κ3) is 3.52. The smallest absolute Gasteiger partial charge is 0.315 e. The Hall–Kier alpha value is -1.45. The highest BCUT2D eigenvalue weighted by Gasteiger charge is 2.15. The van der Waals surface area contributed by atoms with Crippen LogP contribution in [0, 0.1) is 13.8 Å². The monoisotopic (exact) mass is 263 g/mol. The van der Waals surface area contributed by atoms with E-state index in [4.69, 9.17) is 0 Å². The maximum atomic E-state index is 11.9. The van der Waals surface area contributed by atoms with Gasteiger partial charge in [-0.2, -0.15) is 0 Å². The van der Waals surface area contributed by atoms with Gasteiger partial charge in [0, 0.05) is 31.0 Å². The molecule has 0 saturated heterocycles. The number of hydrogen-bond acceptors (Lipinski definition) is 1. The highest BCUT2D eigenvalue weighted by Crippen LogP contribution is 2.17. The number of carbonyl (C=O) groups excluding carboxylic acids is 1. The number of nitrogens with zero attached hydrogens (tertiary/aromatic N) is 1. The molecule has 1 aromatic heterocycles. The Morgan fingerprint density at radius 3 is 2.58 bits per heavy atom. The maximum absolute atomic E-state index is 11.9. The van der Waals surface area contributed by atoms with Crippen LogP contribution < -0.4 is 10.6 Å². The summed E-state index contributed by atoms with van der Waals surface area (Å²) in [5.74, 6) is 0. The molecule has 2 rings (SSSR count). The van der Waals surface area contributed by atoms with E-state index in [1.54, 1.807) is 0 Å². The molecule has 106 valence electrons. The van der Waals surface area contributed by atoms with Crippen molar-refractivity contribution in [2.24, 2.45) is 7.05 Å². The highest BCUT2D eigenvalue weighted by atomic mass is 16.2. The number of carbonyl (C=O) groups is 1. The van der Waals surface area contributed by atoms with Crippen LogP contribution in [0.25, 0.3) is 0 Å². The summed E-state index contributed by atoms with van der Waals surface area (Å²) in [5.41, 5.74) is 3.64. The Labute approximate surface area is 115 Å². The predicted molar refractivity (Wildman–Crippen MR) is 77.1 cm³/mol. The van der Waals surface area contributed by atoms with Gasteiger partial charge in [0.15, 0.2) is 0 Å². The Balaban J connectivity index is 1.81. The van der Waals surface area contributed by atoms with Crippen molar-refractivity contribution in [1.82, 2.24) is 15.2 Å². The summed E-state index contributed by atoms with van der Waals surface area (Å²) in [5, 5.41) is 6.04. The van der Waals surface area contributed by atoms with Crippen LogP contribution in [0.2, 0.25) is 0 Å². The molecule has 0 aliphatic heterocycles. The number of amides is 2. The van der Waals surface area contributed by atoms with E-state index >= 15 is 0 Å². The summed E-state index contributed by atoms with van der Waals surface area (Å²) >= 11 is 0. The van der Waals surface area contributed by atoms with Crippen LogP contribution in [-0.2, 0) is 13.6 Å².